The summed E-state index contributed by atoms with van der Waals surface area (Å²) in [6.07, 6.45) is -0.127. The fourth-order valence-electron chi connectivity index (χ4n) is 2.78. The van der Waals surface area contributed by atoms with E-state index in [4.69, 9.17) is 8.85 Å². The van der Waals surface area contributed by atoms with Crippen LogP contribution in [-0.2, 0) is 8.85 Å². The SMILES string of the molecule is Cc1ccc(S[C@H](O[Si](C)(C)C(C)(C)C)[C@@H](O[Si](C)(C)C(C)(C)C)c2ccccc2)cc1. The summed E-state index contributed by atoms with van der Waals surface area (Å²) in [6, 6.07) is 19.4. The second-order valence-corrected chi connectivity index (χ2v) is 22.6. The molecule has 0 amide bonds. The van der Waals surface area contributed by atoms with Crippen LogP contribution < -0.4 is 0 Å². The lowest BCUT2D eigenvalue weighted by molar-refractivity contribution is 0.0868. The fraction of sp³-hybridized carbons (Fsp3) is 0.556. The standard InChI is InChI=1S/C27H44O2SSi2/c1-21-17-19-23(20-18-21)30-25(29-32(10,11)27(5,6)7)24(22-15-13-12-14-16-22)28-31(8,9)26(2,3)4/h12-20,24-25H,1-11H3/t24-,25-/m0/s1. The van der Waals surface area contributed by atoms with Gasteiger partial charge in [0.1, 0.15) is 11.5 Å². The molecule has 0 spiro atoms. The fourth-order valence-corrected chi connectivity index (χ4v) is 7.00. The largest absolute Gasteiger partial charge is 0.406 e. The molecule has 32 heavy (non-hydrogen) atoms. The van der Waals surface area contributed by atoms with Crippen LogP contribution in [0, 0.1) is 6.92 Å². The number of aryl methyl sites for hydroxylation is 1. The molecule has 0 unspecified atom stereocenters. The van der Waals surface area contributed by atoms with E-state index in [-0.39, 0.29) is 21.6 Å². The van der Waals surface area contributed by atoms with Crippen LogP contribution in [0.25, 0.3) is 0 Å². The number of benzene rings is 2. The lowest BCUT2D eigenvalue weighted by atomic mass is 10.1. The van der Waals surface area contributed by atoms with Crippen LogP contribution in [0.5, 0.6) is 0 Å². The van der Waals surface area contributed by atoms with E-state index in [2.05, 4.69) is 129 Å². The maximum atomic E-state index is 7.12. The zero-order chi connectivity index (χ0) is 24.4. The zero-order valence-corrected chi connectivity index (χ0v) is 24.9. The van der Waals surface area contributed by atoms with E-state index in [1.54, 1.807) is 11.8 Å². The number of hydrogen-bond donors (Lipinski definition) is 0. The predicted octanol–water partition coefficient (Wildman–Crippen LogP) is 9.20. The van der Waals surface area contributed by atoms with Gasteiger partial charge in [-0.15, -0.1) is 0 Å². The highest BCUT2D eigenvalue weighted by Crippen LogP contribution is 2.47. The van der Waals surface area contributed by atoms with Gasteiger partial charge in [-0.2, -0.15) is 0 Å². The molecular formula is C27H44O2SSi2. The summed E-state index contributed by atoms with van der Waals surface area (Å²) in [6.45, 7) is 25.3. The van der Waals surface area contributed by atoms with E-state index in [1.165, 1.54) is 16.0 Å². The lowest BCUT2D eigenvalue weighted by Gasteiger charge is -2.45. The second-order valence-electron chi connectivity index (χ2n) is 11.9. The van der Waals surface area contributed by atoms with Crippen LogP contribution in [-0.4, -0.2) is 22.1 Å². The first kappa shape index (κ1) is 27.4. The van der Waals surface area contributed by atoms with Crippen LogP contribution in [0.2, 0.25) is 36.3 Å². The monoisotopic (exact) mass is 488 g/mol. The normalized spacial score (nSPS) is 15.5. The molecule has 0 bridgehead atoms. The first-order valence-electron chi connectivity index (χ1n) is 11.7. The minimum absolute atomic E-state index is 0.116. The molecule has 2 nitrogen and oxygen atoms in total. The van der Waals surface area contributed by atoms with E-state index in [0.29, 0.717) is 0 Å². The third-order valence-electron chi connectivity index (χ3n) is 7.09. The quantitative estimate of drug-likeness (QED) is 0.209. The number of rotatable bonds is 8. The Hall–Kier alpha value is -0.856. The lowest BCUT2D eigenvalue weighted by Crippen LogP contribution is -2.48. The van der Waals surface area contributed by atoms with Gasteiger partial charge in [-0.3, -0.25) is 0 Å². The average Bonchev–Trinajstić information content (AvgIpc) is 2.66. The molecule has 0 radical (unpaired) electrons. The third-order valence-corrected chi connectivity index (χ3v) is 17.3. The summed E-state index contributed by atoms with van der Waals surface area (Å²) in [5, 5.41) is 0.243. The Balaban J connectivity index is 2.55. The maximum absolute atomic E-state index is 7.12. The maximum Gasteiger partial charge on any atom is 0.193 e. The summed E-state index contributed by atoms with van der Waals surface area (Å²) < 4.78 is 14.2. The molecule has 0 fully saturated rings. The highest BCUT2D eigenvalue weighted by molar-refractivity contribution is 7.99. The first-order valence-corrected chi connectivity index (χ1v) is 18.4. The first-order chi connectivity index (χ1) is 14.5. The molecule has 0 N–H and O–H groups in total. The minimum Gasteiger partial charge on any atom is -0.406 e. The smallest absolute Gasteiger partial charge is 0.193 e. The Morgan fingerprint density at radius 3 is 1.62 bits per heavy atom. The third kappa shape index (κ3) is 7.07. The topological polar surface area (TPSA) is 18.5 Å². The molecule has 0 aliphatic carbocycles. The number of hydrogen-bond acceptors (Lipinski definition) is 3. The van der Waals surface area contributed by atoms with Gasteiger partial charge in [0, 0.05) is 4.90 Å². The van der Waals surface area contributed by atoms with Crippen LogP contribution in [0.15, 0.2) is 59.5 Å². The van der Waals surface area contributed by atoms with Crippen molar-refractivity contribution in [3.8, 4) is 0 Å². The van der Waals surface area contributed by atoms with Crippen molar-refractivity contribution in [3.05, 3.63) is 65.7 Å². The van der Waals surface area contributed by atoms with Crippen LogP contribution in [0.4, 0.5) is 0 Å². The molecule has 0 heterocycles. The number of thioether (sulfide) groups is 1. The Bertz CT molecular complexity index is 850. The molecule has 0 saturated heterocycles. The molecule has 2 rings (SSSR count). The van der Waals surface area contributed by atoms with Gasteiger partial charge in [-0.05, 0) is 60.9 Å². The molecule has 0 aliphatic rings. The van der Waals surface area contributed by atoms with Crippen molar-refractivity contribution in [2.45, 2.75) is 101 Å². The van der Waals surface area contributed by atoms with Gasteiger partial charge in [-0.1, -0.05) is 101 Å². The molecule has 2 aromatic rings. The molecule has 2 atom stereocenters. The zero-order valence-electron chi connectivity index (χ0n) is 22.1. The Labute approximate surface area is 203 Å². The molecule has 178 valence electrons. The summed E-state index contributed by atoms with van der Waals surface area (Å²) in [4.78, 5) is 1.22. The Kier molecular flexibility index (Phi) is 8.72. The molecule has 5 heteroatoms. The van der Waals surface area contributed by atoms with Crippen molar-refractivity contribution in [1.82, 2.24) is 0 Å². The van der Waals surface area contributed by atoms with Crippen molar-refractivity contribution >= 4 is 28.4 Å². The summed E-state index contributed by atoms with van der Waals surface area (Å²) >= 11 is 1.80. The summed E-state index contributed by atoms with van der Waals surface area (Å²) in [5.74, 6) is 0. The molecule has 0 saturated carbocycles. The van der Waals surface area contributed by atoms with Gasteiger partial charge in [-0.25, -0.2) is 0 Å². The second kappa shape index (κ2) is 10.2. The summed E-state index contributed by atoms with van der Waals surface area (Å²) in [7, 11) is -4.07. The van der Waals surface area contributed by atoms with Gasteiger partial charge in [0.05, 0.1) is 0 Å². The van der Waals surface area contributed by atoms with Gasteiger partial charge in [0.25, 0.3) is 0 Å². The molecule has 2 aromatic carbocycles. The van der Waals surface area contributed by atoms with E-state index in [0.717, 1.165) is 0 Å². The van der Waals surface area contributed by atoms with Crippen molar-refractivity contribution < 1.29 is 8.85 Å². The Morgan fingerprint density at radius 1 is 0.688 bits per heavy atom. The highest BCUT2D eigenvalue weighted by Gasteiger charge is 2.45. The van der Waals surface area contributed by atoms with Gasteiger partial charge in [0.2, 0.25) is 0 Å². The predicted molar refractivity (Wildman–Crippen MR) is 147 cm³/mol. The van der Waals surface area contributed by atoms with Crippen molar-refractivity contribution in [2.75, 3.05) is 0 Å². The van der Waals surface area contributed by atoms with Gasteiger partial charge >= 0.3 is 0 Å². The van der Waals surface area contributed by atoms with Gasteiger partial charge in [0.15, 0.2) is 16.6 Å². The minimum atomic E-state index is -2.04. The molecular weight excluding hydrogens is 445 g/mol. The van der Waals surface area contributed by atoms with Crippen LogP contribution in [0.3, 0.4) is 0 Å². The van der Waals surface area contributed by atoms with E-state index in [9.17, 15) is 0 Å². The van der Waals surface area contributed by atoms with E-state index >= 15 is 0 Å². The summed E-state index contributed by atoms with van der Waals surface area (Å²) in [5.41, 5.74) is 2.35. The van der Waals surface area contributed by atoms with Crippen molar-refractivity contribution in [3.63, 3.8) is 0 Å². The molecule has 0 aliphatic heterocycles. The van der Waals surface area contributed by atoms with Crippen molar-refractivity contribution in [1.29, 1.82) is 0 Å². The Morgan fingerprint density at radius 2 is 1.16 bits per heavy atom. The van der Waals surface area contributed by atoms with Gasteiger partial charge < -0.3 is 8.85 Å². The highest BCUT2D eigenvalue weighted by atomic mass is 32.2. The van der Waals surface area contributed by atoms with E-state index < -0.39 is 16.6 Å². The molecule has 0 aromatic heterocycles. The van der Waals surface area contributed by atoms with Crippen LogP contribution >= 0.6 is 11.8 Å². The van der Waals surface area contributed by atoms with Crippen LogP contribution in [0.1, 0.15) is 58.8 Å². The van der Waals surface area contributed by atoms with Crippen molar-refractivity contribution in [2.24, 2.45) is 0 Å². The van der Waals surface area contributed by atoms with E-state index in [1.807, 2.05) is 0 Å². The average molecular weight is 489 g/mol.